The fraction of sp³-hybridized carbons (Fsp3) is 0.688. The van der Waals surface area contributed by atoms with Crippen molar-refractivity contribution in [1.82, 2.24) is 4.98 Å². The van der Waals surface area contributed by atoms with Crippen LogP contribution in [0.4, 0.5) is 5.82 Å². The lowest BCUT2D eigenvalue weighted by molar-refractivity contribution is 0.343. The Hall–Kier alpha value is -0.750. The van der Waals surface area contributed by atoms with Gasteiger partial charge in [-0.1, -0.05) is 51.9 Å². The van der Waals surface area contributed by atoms with Gasteiger partial charge in [0.2, 0.25) is 5.52 Å². The van der Waals surface area contributed by atoms with Crippen molar-refractivity contribution in [2.75, 3.05) is 5.32 Å². The number of hydrogen-bond acceptors (Lipinski definition) is 4. The van der Waals surface area contributed by atoms with E-state index < -0.39 is 20.7 Å². The third kappa shape index (κ3) is 9.26. The van der Waals surface area contributed by atoms with Gasteiger partial charge < -0.3 is 24.9 Å². The van der Waals surface area contributed by atoms with Crippen molar-refractivity contribution in [3.05, 3.63) is 23.9 Å². The zero-order valence-corrected chi connectivity index (χ0v) is 16.9. The van der Waals surface area contributed by atoms with Crippen LogP contribution < -0.4 is 5.32 Å². The van der Waals surface area contributed by atoms with E-state index in [9.17, 15) is 9.13 Å². The van der Waals surface area contributed by atoms with Crippen molar-refractivity contribution in [1.29, 1.82) is 0 Å². The number of aryl methyl sites for hydroxylation is 1. The minimum atomic E-state index is -5.03. The first-order valence-electron chi connectivity index (χ1n) is 8.96. The minimum absolute atomic E-state index is 0.0405. The van der Waals surface area contributed by atoms with Gasteiger partial charge in [0.25, 0.3) is 0 Å². The van der Waals surface area contributed by atoms with Gasteiger partial charge in [-0.2, -0.15) is 0 Å². The van der Waals surface area contributed by atoms with Crippen molar-refractivity contribution in [2.24, 2.45) is 0 Å². The second-order valence-corrected chi connectivity index (χ2v) is 10.3. The highest BCUT2D eigenvalue weighted by Crippen LogP contribution is 2.59. The molecule has 1 aromatic rings. The van der Waals surface area contributed by atoms with E-state index in [0.29, 0.717) is 0 Å². The summed E-state index contributed by atoms with van der Waals surface area (Å²) in [6, 6.07) is 3.36. The van der Waals surface area contributed by atoms with Crippen LogP contribution in [-0.2, 0) is 15.6 Å². The van der Waals surface area contributed by atoms with Crippen molar-refractivity contribution >= 4 is 21.0 Å². The molecule has 10 heteroatoms. The van der Waals surface area contributed by atoms with Gasteiger partial charge in [-0.05, 0) is 30.5 Å². The summed E-state index contributed by atoms with van der Waals surface area (Å²) in [5.74, 6) is 0.0405. The molecule has 0 aliphatic heterocycles. The van der Waals surface area contributed by atoms with Gasteiger partial charge >= 0.3 is 15.2 Å². The number of pyridine rings is 1. The van der Waals surface area contributed by atoms with Crippen LogP contribution >= 0.6 is 15.2 Å². The Morgan fingerprint density at radius 2 is 1.50 bits per heavy atom. The number of hydrogen-bond donors (Lipinski definition) is 5. The Morgan fingerprint density at radius 1 is 0.962 bits per heavy atom. The van der Waals surface area contributed by atoms with Crippen LogP contribution in [0, 0.1) is 0 Å². The van der Waals surface area contributed by atoms with Gasteiger partial charge in [0.1, 0.15) is 5.82 Å². The van der Waals surface area contributed by atoms with Gasteiger partial charge in [0.05, 0.1) is 0 Å². The first kappa shape index (κ1) is 23.3. The van der Waals surface area contributed by atoms with E-state index >= 15 is 0 Å². The molecule has 0 bridgehead atoms. The molecule has 0 unspecified atom stereocenters. The minimum Gasteiger partial charge on any atom is -0.346 e. The standard InChI is InChI=1S/C16H30N2O6P2/c1-2-3-4-5-6-7-8-9-10-14-11-12-17-15(13-14)18-16(25(19,20)21)26(22,23)24/h11-13,16H,2-10H2,1H3,(H,17,18)(H2,19,20,21)(H2,22,23,24). The number of aromatic nitrogens is 1. The average Bonchev–Trinajstić information content (AvgIpc) is 2.53. The molecule has 5 N–H and O–H groups in total. The molecular weight excluding hydrogens is 378 g/mol. The van der Waals surface area contributed by atoms with E-state index in [-0.39, 0.29) is 5.82 Å². The van der Waals surface area contributed by atoms with Gasteiger partial charge in [0.15, 0.2) is 0 Å². The van der Waals surface area contributed by atoms with E-state index in [1.54, 1.807) is 12.1 Å². The number of rotatable bonds is 13. The quantitative estimate of drug-likeness (QED) is 0.245. The Balaban J connectivity index is 2.50. The average molecular weight is 408 g/mol. The maximum Gasteiger partial charge on any atom is 0.360 e. The molecule has 0 atom stereocenters. The third-order valence-electron chi connectivity index (χ3n) is 4.06. The molecule has 0 aliphatic carbocycles. The van der Waals surface area contributed by atoms with Crippen LogP contribution in [0.25, 0.3) is 0 Å². The van der Waals surface area contributed by atoms with Gasteiger partial charge in [-0.3, -0.25) is 9.13 Å². The molecule has 0 saturated heterocycles. The predicted octanol–water partition coefficient (Wildman–Crippen LogP) is 3.82. The smallest absolute Gasteiger partial charge is 0.346 e. The lowest BCUT2D eigenvalue weighted by atomic mass is 10.0. The molecule has 0 radical (unpaired) electrons. The van der Waals surface area contributed by atoms with Crippen LogP contribution in [0.5, 0.6) is 0 Å². The molecule has 0 aliphatic rings. The lowest BCUT2D eigenvalue weighted by Crippen LogP contribution is -2.20. The molecule has 8 nitrogen and oxygen atoms in total. The van der Waals surface area contributed by atoms with Crippen molar-refractivity contribution < 1.29 is 28.7 Å². The lowest BCUT2D eigenvalue weighted by Gasteiger charge is -2.21. The van der Waals surface area contributed by atoms with E-state index in [0.717, 1.165) is 24.8 Å². The number of nitrogens with one attached hydrogen (secondary N) is 1. The fourth-order valence-electron chi connectivity index (χ4n) is 2.67. The molecule has 0 spiro atoms. The topological polar surface area (TPSA) is 140 Å². The van der Waals surface area contributed by atoms with Crippen LogP contribution in [0.3, 0.4) is 0 Å². The summed E-state index contributed by atoms with van der Waals surface area (Å²) in [7, 11) is -10.1. The Labute approximate surface area is 154 Å². The van der Waals surface area contributed by atoms with Crippen LogP contribution in [0.1, 0.15) is 63.9 Å². The summed E-state index contributed by atoms with van der Waals surface area (Å²) in [5.41, 5.74) is -1.38. The zero-order valence-electron chi connectivity index (χ0n) is 15.1. The summed E-state index contributed by atoms with van der Waals surface area (Å²) in [6.45, 7) is 2.19. The first-order chi connectivity index (χ1) is 12.1. The van der Waals surface area contributed by atoms with Crippen molar-refractivity contribution in [3.63, 3.8) is 0 Å². The molecular formula is C16H30N2O6P2. The highest BCUT2D eigenvalue weighted by atomic mass is 31.2. The van der Waals surface area contributed by atoms with Gasteiger partial charge in [-0.15, -0.1) is 0 Å². The molecule has 1 heterocycles. The van der Waals surface area contributed by atoms with Crippen LogP contribution in [0.2, 0.25) is 0 Å². The number of unbranched alkanes of at least 4 members (excludes halogenated alkanes) is 7. The molecule has 1 aromatic heterocycles. The zero-order chi connectivity index (χ0) is 19.6. The molecule has 0 aromatic carbocycles. The molecule has 0 fully saturated rings. The summed E-state index contributed by atoms with van der Waals surface area (Å²) in [4.78, 5) is 40.5. The van der Waals surface area contributed by atoms with E-state index in [1.807, 2.05) is 0 Å². The number of anilines is 1. The van der Waals surface area contributed by atoms with Gasteiger partial charge in [-0.25, -0.2) is 4.98 Å². The summed E-state index contributed by atoms with van der Waals surface area (Å²) < 4.78 is 22.6. The Morgan fingerprint density at radius 3 is 2.04 bits per heavy atom. The van der Waals surface area contributed by atoms with E-state index in [2.05, 4.69) is 17.2 Å². The Kier molecular flexibility index (Phi) is 10.0. The second kappa shape index (κ2) is 11.2. The van der Waals surface area contributed by atoms with Gasteiger partial charge in [0, 0.05) is 6.20 Å². The monoisotopic (exact) mass is 408 g/mol. The maximum atomic E-state index is 11.3. The first-order valence-corrected chi connectivity index (χ1v) is 12.3. The van der Waals surface area contributed by atoms with E-state index in [4.69, 9.17) is 19.6 Å². The largest absolute Gasteiger partial charge is 0.360 e. The summed E-state index contributed by atoms with van der Waals surface area (Å²) in [6.07, 6.45) is 11.8. The summed E-state index contributed by atoms with van der Waals surface area (Å²) in [5, 5.41) is 2.19. The third-order valence-corrected chi connectivity index (χ3v) is 7.40. The Bertz CT molecular complexity index is 609. The normalized spacial score (nSPS) is 12.5. The molecule has 1 rings (SSSR count). The second-order valence-electron chi connectivity index (χ2n) is 6.47. The highest BCUT2D eigenvalue weighted by Gasteiger charge is 2.43. The van der Waals surface area contributed by atoms with Crippen molar-refractivity contribution in [3.8, 4) is 0 Å². The molecule has 26 heavy (non-hydrogen) atoms. The fourth-order valence-corrected chi connectivity index (χ4v) is 4.84. The van der Waals surface area contributed by atoms with E-state index in [1.165, 1.54) is 44.7 Å². The maximum absolute atomic E-state index is 11.3. The number of nitrogens with zero attached hydrogens (tertiary/aromatic N) is 1. The van der Waals surface area contributed by atoms with Crippen LogP contribution in [0.15, 0.2) is 18.3 Å². The molecule has 0 amide bonds. The summed E-state index contributed by atoms with van der Waals surface area (Å²) >= 11 is 0. The highest BCUT2D eigenvalue weighted by molar-refractivity contribution is 7.71. The molecule has 150 valence electrons. The van der Waals surface area contributed by atoms with Crippen molar-refractivity contribution in [2.45, 2.75) is 70.2 Å². The predicted molar refractivity (Wildman–Crippen MR) is 102 cm³/mol. The van der Waals surface area contributed by atoms with Crippen LogP contribution in [-0.4, -0.2) is 30.1 Å². The molecule has 0 saturated carbocycles. The SMILES string of the molecule is CCCCCCCCCCc1ccnc(NC(P(=O)(O)O)P(=O)(O)O)c1.